The van der Waals surface area contributed by atoms with Gasteiger partial charge in [0.25, 0.3) is 5.91 Å². The van der Waals surface area contributed by atoms with Gasteiger partial charge in [0, 0.05) is 61.6 Å². The van der Waals surface area contributed by atoms with Crippen LogP contribution >= 0.6 is 11.3 Å². The van der Waals surface area contributed by atoms with E-state index < -0.39 is 0 Å². The molecule has 0 spiro atoms. The van der Waals surface area contributed by atoms with Gasteiger partial charge < -0.3 is 9.80 Å². The fraction of sp³-hybridized carbons (Fsp3) is 0.368. The normalized spacial score (nSPS) is 16.2. The summed E-state index contributed by atoms with van der Waals surface area (Å²) in [7, 11) is 1.94. The highest BCUT2D eigenvalue weighted by atomic mass is 32.1. The van der Waals surface area contributed by atoms with E-state index in [1.54, 1.807) is 23.7 Å². The molecule has 138 valence electrons. The van der Waals surface area contributed by atoms with Crippen molar-refractivity contribution in [3.05, 3.63) is 46.0 Å². The number of fused-ring (bicyclic) bond motifs is 3. The molecular weight excluding hydrogens is 360 g/mol. The minimum atomic E-state index is 0.0409. The van der Waals surface area contributed by atoms with Gasteiger partial charge in [0.15, 0.2) is 5.69 Å². The molecule has 4 heterocycles. The summed E-state index contributed by atoms with van der Waals surface area (Å²) in [5.74, 6) is 0.768. The van der Waals surface area contributed by atoms with E-state index in [9.17, 15) is 4.79 Å². The highest BCUT2D eigenvalue weighted by molar-refractivity contribution is 7.10. The quantitative estimate of drug-likeness (QED) is 0.680. The first-order chi connectivity index (χ1) is 13.2. The number of aryl methyl sites for hydroxylation is 2. The van der Waals surface area contributed by atoms with Gasteiger partial charge in [0.1, 0.15) is 0 Å². The van der Waals surface area contributed by atoms with Gasteiger partial charge in [-0.05, 0) is 30.4 Å². The van der Waals surface area contributed by atoms with Crippen LogP contribution in [0.3, 0.4) is 0 Å². The van der Waals surface area contributed by atoms with Crippen molar-refractivity contribution in [2.24, 2.45) is 7.05 Å². The SMILES string of the molecule is Cn1nc(C(=O)N2CCN(c3ncccn3)CC2)c2c1-c1ccsc1CC2. The average molecular weight is 380 g/mol. The van der Waals surface area contributed by atoms with Crippen LogP contribution in [0.1, 0.15) is 20.9 Å². The lowest BCUT2D eigenvalue weighted by molar-refractivity contribution is 0.0738. The van der Waals surface area contributed by atoms with Crippen LogP contribution in [0.15, 0.2) is 29.9 Å². The molecule has 0 radical (unpaired) electrons. The Hall–Kier alpha value is -2.74. The van der Waals surface area contributed by atoms with Gasteiger partial charge in [-0.3, -0.25) is 9.48 Å². The van der Waals surface area contributed by atoms with E-state index in [2.05, 4.69) is 31.4 Å². The van der Waals surface area contributed by atoms with Crippen molar-refractivity contribution in [2.45, 2.75) is 12.8 Å². The maximum Gasteiger partial charge on any atom is 0.274 e. The number of piperazine rings is 1. The first-order valence-corrected chi connectivity index (χ1v) is 10.0. The zero-order valence-corrected chi connectivity index (χ0v) is 15.9. The molecule has 1 fully saturated rings. The molecule has 8 heteroatoms. The number of carbonyl (C=O) groups is 1. The van der Waals surface area contributed by atoms with E-state index in [0.717, 1.165) is 43.1 Å². The molecule has 27 heavy (non-hydrogen) atoms. The Balaban J connectivity index is 1.37. The Kier molecular flexibility index (Phi) is 3.93. The number of hydrogen-bond donors (Lipinski definition) is 0. The molecule has 5 rings (SSSR count). The number of thiophene rings is 1. The smallest absolute Gasteiger partial charge is 0.274 e. The zero-order chi connectivity index (χ0) is 18.4. The van der Waals surface area contributed by atoms with Crippen molar-refractivity contribution in [1.29, 1.82) is 0 Å². The number of hydrogen-bond acceptors (Lipinski definition) is 6. The molecule has 0 unspecified atom stereocenters. The predicted octanol–water partition coefficient (Wildman–Crippen LogP) is 2.00. The van der Waals surface area contributed by atoms with Crippen molar-refractivity contribution in [3.63, 3.8) is 0 Å². The Bertz CT molecular complexity index is 987. The molecule has 0 saturated carbocycles. The molecule has 3 aromatic heterocycles. The van der Waals surface area contributed by atoms with E-state index in [0.29, 0.717) is 18.8 Å². The van der Waals surface area contributed by atoms with E-state index in [1.165, 1.54) is 10.4 Å². The topological polar surface area (TPSA) is 67.2 Å². The Morgan fingerprint density at radius 1 is 1.11 bits per heavy atom. The number of amides is 1. The fourth-order valence-corrected chi connectivity index (χ4v) is 4.89. The summed E-state index contributed by atoms with van der Waals surface area (Å²) >= 11 is 1.79. The molecule has 1 aliphatic carbocycles. The van der Waals surface area contributed by atoms with Crippen LogP contribution in [0, 0.1) is 0 Å². The highest BCUT2D eigenvalue weighted by Gasteiger charge is 2.31. The maximum absolute atomic E-state index is 13.2. The zero-order valence-electron chi connectivity index (χ0n) is 15.1. The third-order valence-corrected chi connectivity index (χ3v) is 6.33. The molecule has 1 amide bonds. The van der Waals surface area contributed by atoms with Crippen molar-refractivity contribution in [1.82, 2.24) is 24.6 Å². The summed E-state index contributed by atoms with van der Waals surface area (Å²) in [4.78, 5) is 27.2. The van der Waals surface area contributed by atoms with Gasteiger partial charge in [-0.1, -0.05) is 0 Å². The summed E-state index contributed by atoms with van der Waals surface area (Å²) < 4.78 is 1.88. The Morgan fingerprint density at radius 2 is 1.89 bits per heavy atom. The van der Waals surface area contributed by atoms with Crippen LogP contribution < -0.4 is 4.90 Å². The lowest BCUT2D eigenvalue weighted by Crippen LogP contribution is -2.49. The molecule has 3 aromatic rings. The first-order valence-electron chi connectivity index (χ1n) is 9.16. The van der Waals surface area contributed by atoms with Crippen LogP contribution in [0.5, 0.6) is 0 Å². The van der Waals surface area contributed by atoms with Gasteiger partial charge >= 0.3 is 0 Å². The lowest BCUT2D eigenvalue weighted by Gasteiger charge is -2.34. The summed E-state index contributed by atoms with van der Waals surface area (Å²) in [5.41, 5.74) is 4.06. The molecular formula is C19H20N6OS. The average Bonchev–Trinajstić information content (AvgIpc) is 3.32. The van der Waals surface area contributed by atoms with Crippen molar-refractivity contribution in [3.8, 4) is 11.3 Å². The van der Waals surface area contributed by atoms with Gasteiger partial charge in [-0.2, -0.15) is 5.10 Å². The van der Waals surface area contributed by atoms with Crippen molar-refractivity contribution < 1.29 is 4.79 Å². The summed E-state index contributed by atoms with van der Waals surface area (Å²) in [6.07, 6.45) is 5.37. The monoisotopic (exact) mass is 380 g/mol. The van der Waals surface area contributed by atoms with Gasteiger partial charge in [0.05, 0.1) is 5.69 Å². The fourth-order valence-electron chi connectivity index (χ4n) is 4.01. The van der Waals surface area contributed by atoms with Gasteiger partial charge in [-0.25, -0.2) is 9.97 Å². The van der Waals surface area contributed by atoms with Crippen LogP contribution in [0.2, 0.25) is 0 Å². The molecule has 0 N–H and O–H groups in total. The number of nitrogens with zero attached hydrogens (tertiary/aromatic N) is 6. The molecule has 0 aromatic carbocycles. The summed E-state index contributed by atoms with van der Waals surface area (Å²) in [6, 6.07) is 3.96. The number of carbonyl (C=O) groups excluding carboxylic acids is 1. The molecule has 2 aliphatic rings. The maximum atomic E-state index is 13.2. The number of rotatable bonds is 2. The van der Waals surface area contributed by atoms with Crippen LogP contribution in [-0.4, -0.2) is 56.7 Å². The second-order valence-corrected chi connectivity index (χ2v) is 7.89. The van der Waals surface area contributed by atoms with Crippen LogP contribution in [0.25, 0.3) is 11.3 Å². The largest absolute Gasteiger partial charge is 0.337 e. The van der Waals surface area contributed by atoms with Gasteiger partial charge in [-0.15, -0.1) is 11.3 Å². The van der Waals surface area contributed by atoms with E-state index in [4.69, 9.17) is 0 Å². The van der Waals surface area contributed by atoms with E-state index >= 15 is 0 Å². The van der Waals surface area contributed by atoms with Gasteiger partial charge in [0.2, 0.25) is 5.95 Å². The van der Waals surface area contributed by atoms with Crippen LogP contribution in [0.4, 0.5) is 5.95 Å². The first kappa shape index (κ1) is 16.4. The van der Waals surface area contributed by atoms with E-state index in [1.807, 2.05) is 22.7 Å². The summed E-state index contributed by atoms with van der Waals surface area (Å²) in [6.45, 7) is 2.79. The molecule has 0 atom stereocenters. The minimum absolute atomic E-state index is 0.0409. The third kappa shape index (κ3) is 2.71. The Labute approximate surface area is 161 Å². The third-order valence-electron chi connectivity index (χ3n) is 5.35. The lowest BCUT2D eigenvalue weighted by atomic mass is 9.94. The molecule has 0 bridgehead atoms. The second-order valence-electron chi connectivity index (χ2n) is 6.88. The second kappa shape index (κ2) is 6.45. The minimum Gasteiger partial charge on any atom is -0.337 e. The van der Waals surface area contributed by atoms with Crippen molar-refractivity contribution in [2.75, 3.05) is 31.1 Å². The molecule has 1 saturated heterocycles. The Morgan fingerprint density at radius 3 is 2.67 bits per heavy atom. The highest BCUT2D eigenvalue weighted by Crippen LogP contribution is 2.38. The van der Waals surface area contributed by atoms with E-state index in [-0.39, 0.29) is 5.91 Å². The predicted molar refractivity (Wildman–Crippen MR) is 104 cm³/mol. The van der Waals surface area contributed by atoms with Crippen LogP contribution in [-0.2, 0) is 19.9 Å². The van der Waals surface area contributed by atoms with Crippen molar-refractivity contribution >= 4 is 23.2 Å². The standard InChI is InChI=1S/C19H20N6OS/c1-23-17-13-5-12-27-15(13)4-3-14(17)16(22-23)18(26)24-8-10-25(11-9-24)19-20-6-2-7-21-19/h2,5-7,12H,3-4,8-11H2,1H3. The number of anilines is 1. The summed E-state index contributed by atoms with van der Waals surface area (Å²) in [5, 5.41) is 6.74. The molecule has 7 nitrogen and oxygen atoms in total. The number of aromatic nitrogens is 4. The molecule has 1 aliphatic heterocycles.